The Morgan fingerprint density at radius 3 is 2.62 bits per heavy atom. The largest absolute Gasteiger partial charge is 0.444 e. The van der Waals surface area contributed by atoms with Crippen LogP contribution in [-0.2, 0) is 17.9 Å². The molecular formula is C24H23ClN4O3. The smallest absolute Gasteiger partial charge is 0.325 e. The lowest BCUT2D eigenvalue weighted by atomic mass is 9.88. The molecule has 1 N–H and O–H groups in total. The van der Waals surface area contributed by atoms with Gasteiger partial charge in [0.15, 0.2) is 0 Å². The third-order valence-corrected chi connectivity index (χ3v) is 6.28. The SMILES string of the molecule is O=C1N[C@@]2(CCCN(Cc3ccccc3)C2)C(=O)N1Cc1coc(-c2ccc(Cl)cc2)n1. The number of halogens is 1. The lowest BCUT2D eigenvalue weighted by molar-refractivity contribution is -0.133. The van der Waals surface area contributed by atoms with Crippen LogP contribution in [0.4, 0.5) is 4.79 Å². The first-order valence-corrected chi connectivity index (χ1v) is 11.0. The Bertz CT molecular complexity index is 1130. The summed E-state index contributed by atoms with van der Waals surface area (Å²) in [7, 11) is 0. The van der Waals surface area contributed by atoms with Crippen LogP contribution in [0, 0.1) is 0 Å². The predicted octanol–water partition coefficient (Wildman–Crippen LogP) is 4.08. The van der Waals surface area contributed by atoms with Gasteiger partial charge < -0.3 is 9.73 Å². The number of likely N-dealkylation sites (tertiary alicyclic amines) is 1. The number of oxazole rings is 1. The minimum atomic E-state index is -0.882. The summed E-state index contributed by atoms with van der Waals surface area (Å²) in [5, 5.41) is 3.60. The molecule has 8 heteroatoms. The van der Waals surface area contributed by atoms with Crippen molar-refractivity contribution in [3.63, 3.8) is 0 Å². The van der Waals surface area contributed by atoms with Gasteiger partial charge in [0.1, 0.15) is 11.8 Å². The van der Waals surface area contributed by atoms with E-state index in [9.17, 15) is 9.59 Å². The maximum atomic E-state index is 13.4. The van der Waals surface area contributed by atoms with Crippen LogP contribution in [0.5, 0.6) is 0 Å². The second-order valence-electron chi connectivity index (χ2n) is 8.35. The van der Waals surface area contributed by atoms with Gasteiger partial charge >= 0.3 is 6.03 Å². The van der Waals surface area contributed by atoms with E-state index in [2.05, 4.69) is 27.3 Å². The molecular weight excluding hydrogens is 428 g/mol. The maximum Gasteiger partial charge on any atom is 0.325 e. The van der Waals surface area contributed by atoms with Crippen molar-refractivity contribution in [3.8, 4) is 11.5 Å². The van der Waals surface area contributed by atoms with Crippen molar-refractivity contribution in [1.29, 1.82) is 0 Å². The Balaban J connectivity index is 1.29. The standard InChI is InChI=1S/C24H23ClN4O3/c25-19-9-7-18(8-10-19)21-26-20(15-32-21)14-29-22(30)24(27-23(29)31)11-4-12-28(16-24)13-17-5-2-1-3-6-17/h1-3,5-10,15H,4,11-14,16H2,(H,27,31)/t24-/m1/s1. The Hall–Kier alpha value is -3.16. The van der Waals surface area contributed by atoms with Crippen LogP contribution in [0.3, 0.4) is 0 Å². The number of imide groups is 1. The molecule has 1 atom stereocenters. The normalized spacial score (nSPS) is 21.3. The predicted molar refractivity (Wildman–Crippen MR) is 120 cm³/mol. The van der Waals surface area contributed by atoms with Gasteiger partial charge in [0, 0.05) is 23.7 Å². The second-order valence-corrected chi connectivity index (χ2v) is 8.79. The van der Waals surface area contributed by atoms with Gasteiger partial charge in [0.05, 0.1) is 12.2 Å². The maximum absolute atomic E-state index is 13.4. The zero-order valence-corrected chi connectivity index (χ0v) is 18.2. The number of piperidine rings is 1. The zero-order chi connectivity index (χ0) is 22.1. The lowest BCUT2D eigenvalue weighted by Gasteiger charge is -2.38. The number of benzene rings is 2. The number of carbonyl (C=O) groups excluding carboxylic acids is 2. The molecule has 7 nitrogen and oxygen atoms in total. The third-order valence-electron chi connectivity index (χ3n) is 6.03. The van der Waals surface area contributed by atoms with Gasteiger partial charge in [-0.2, -0.15) is 0 Å². The van der Waals surface area contributed by atoms with Gasteiger partial charge in [0.25, 0.3) is 5.91 Å². The second kappa shape index (κ2) is 8.41. The van der Waals surface area contributed by atoms with Crippen LogP contribution < -0.4 is 5.32 Å². The summed E-state index contributed by atoms with van der Waals surface area (Å²) >= 11 is 5.93. The van der Waals surface area contributed by atoms with E-state index in [1.165, 1.54) is 16.7 Å². The Kier molecular flexibility index (Phi) is 5.45. The lowest BCUT2D eigenvalue weighted by Crippen LogP contribution is -2.58. The van der Waals surface area contributed by atoms with E-state index in [0.29, 0.717) is 29.6 Å². The molecule has 2 aliphatic heterocycles. The quantitative estimate of drug-likeness (QED) is 0.592. The number of carbonyl (C=O) groups is 2. The van der Waals surface area contributed by atoms with E-state index in [-0.39, 0.29) is 18.5 Å². The molecule has 3 aromatic rings. The number of nitrogens with zero attached hydrogens (tertiary/aromatic N) is 3. The fraction of sp³-hybridized carbons (Fsp3) is 0.292. The first kappa shape index (κ1) is 20.7. The molecule has 5 rings (SSSR count). The molecule has 2 aliphatic rings. The molecule has 0 bridgehead atoms. The van der Waals surface area contributed by atoms with Gasteiger partial charge in [-0.25, -0.2) is 9.78 Å². The summed E-state index contributed by atoms with van der Waals surface area (Å²) in [4.78, 5) is 34.0. The van der Waals surface area contributed by atoms with Crippen LogP contribution in [-0.4, -0.2) is 45.4 Å². The number of hydrogen-bond acceptors (Lipinski definition) is 5. The number of aromatic nitrogens is 1. The van der Waals surface area contributed by atoms with Crippen molar-refractivity contribution in [3.05, 3.63) is 77.1 Å². The number of nitrogens with one attached hydrogen (secondary N) is 1. The van der Waals surface area contributed by atoms with Gasteiger partial charge in [-0.3, -0.25) is 14.6 Å². The molecule has 2 saturated heterocycles. The molecule has 0 aliphatic carbocycles. The fourth-order valence-corrected chi connectivity index (χ4v) is 4.61. The van der Waals surface area contributed by atoms with Gasteiger partial charge in [-0.1, -0.05) is 41.9 Å². The highest BCUT2D eigenvalue weighted by Crippen LogP contribution is 2.30. The van der Waals surface area contributed by atoms with Crippen LogP contribution in [0.1, 0.15) is 24.1 Å². The van der Waals surface area contributed by atoms with Crippen LogP contribution >= 0.6 is 11.6 Å². The summed E-state index contributed by atoms with van der Waals surface area (Å²) in [5.41, 5.74) is 1.61. The van der Waals surface area contributed by atoms with E-state index < -0.39 is 5.54 Å². The molecule has 2 aromatic carbocycles. The minimum absolute atomic E-state index is 0.0716. The Labute approximate surface area is 191 Å². The van der Waals surface area contributed by atoms with Gasteiger partial charge in [-0.05, 0) is 49.2 Å². The highest BCUT2D eigenvalue weighted by atomic mass is 35.5. The number of hydrogen-bond donors (Lipinski definition) is 1. The van der Waals surface area contributed by atoms with Crippen molar-refractivity contribution in [2.24, 2.45) is 0 Å². The average Bonchev–Trinajstić information content (AvgIpc) is 3.34. The number of rotatable bonds is 5. The summed E-state index contributed by atoms with van der Waals surface area (Å²) in [6.07, 6.45) is 2.96. The molecule has 1 aromatic heterocycles. The van der Waals surface area contributed by atoms with Crippen molar-refractivity contribution in [2.45, 2.75) is 31.5 Å². The van der Waals surface area contributed by atoms with Gasteiger partial charge in [-0.15, -0.1) is 0 Å². The van der Waals surface area contributed by atoms with E-state index in [4.69, 9.17) is 16.0 Å². The molecule has 1 spiro atoms. The molecule has 0 radical (unpaired) electrons. The van der Waals surface area contributed by atoms with Crippen molar-refractivity contribution in [2.75, 3.05) is 13.1 Å². The van der Waals surface area contributed by atoms with Crippen LogP contribution in [0.15, 0.2) is 65.3 Å². The molecule has 0 unspecified atom stereocenters. The first-order valence-electron chi connectivity index (χ1n) is 10.6. The first-order chi connectivity index (χ1) is 15.5. The monoisotopic (exact) mass is 450 g/mol. The van der Waals surface area contributed by atoms with Crippen LogP contribution in [0.25, 0.3) is 11.5 Å². The fourth-order valence-electron chi connectivity index (χ4n) is 4.48. The molecule has 0 saturated carbocycles. The minimum Gasteiger partial charge on any atom is -0.444 e. The summed E-state index contributed by atoms with van der Waals surface area (Å²) in [5.74, 6) is 0.224. The Morgan fingerprint density at radius 1 is 1.06 bits per heavy atom. The summed E-state index contributed by atoms with van der Waals surface area (Å²) in [6, 6.07) is 16.9. The van der Waals surface area contributed by atoms with E-state index in [0.717, 1.165) is 25.1 Å². The van der Waals surface area contributed by atoms with Gasteiger partial charge in [0.2, 0.25) is 5.89 Å². The molecule has 3 amide bonds. The topological polar surface area (TPSA) is 78.7 Å². The third kappa shape index (κ3) is 4.01. The van der Waals surface area contributed by atoms with E-state index in [1.54, 1.807) is 12.1 Å². The summed E-state index contributed by atoms with van der Waals surface area (Å²) in [6.45, 7) is 2.22. The molecule has 164 valence electrons. The highest BCUT2D eigenvalue weighted by Gasteiger charge is 2.53. The highest BCUT2D eigenvalue weighted by molar-refractivity contribution is 6.30. The summed E-state index contributed by atoms with van der Waals surface area (Å²) < 4.78 is 5.56. The molecule has 32 heavy (non-hydrogen) atoms. The Morgan fingerprint density at radius 2 is 1.84 bits per heavy atom. The molecule has 2 fully saturated rings. The number of urea groups is 1. The molecule has 3 heterocycles. The van der Waals surface area contributed by atoms with Crippen molar-refractivity contribution in [1.82, 2.24) is 20.1 Å². The zero-order valence-electron chi connectivity index (χ0n) is 17.5. The average molecular weight is 451 g/mol. The van der Waals surface area contributed by atoms with Crippen molar-refractivity contribution < 1.29 is 14.0 Å². The van der Waals surface area contributed by atoms with Crippen molar-refractivity contribution >= 4 is 23.5 Å². The van der Waals surface area contributed by atoms with E-state index in [1.807, 2.05) is 30.3 Å². The van der Waals surface area contributed by atoms with E-state index >= 15 is 0 Å². The van der Waals surface area contributed by atoms with Crippen LogP contribution in [0.2, 0.25) is 5.02 Å². The number of amides is 3.